The zero-order chi connectivity index (χ0) is 18.5. The molecule has 2 N–H and O–H groups in total. The minimum atomic E-state index is -4.67. The van der Waals surface area contributed by atoms with Crippen molar-refractivity contribution in [3.63, 3.8) is 0 Å². The summed E-state index contributed by atoms with van der Waals surface area (Å²) in [7, 11) is -4.67. The van der Waals surface area contributed by atoms with E-state index in [0.29, 0.717) is 0 Å². The van der Waals surface area contributed by atoms with Crippen LogP contribution < -0.4 is 0 Å². The average molecular weight is 393 g/mol. The molecule has 0 fully saturated rings. The van der Waals surface area contributed by atoms with E-state index in [4.69, 9.17) is 22.3 Å². The number of rotatable bonds is 16. The molecule has 0 aliphatic rings. The molecule has 7 heteroatoms. The first-order chi connectivity index (χ1) is 11.4. The summed E-state index contributed by atoms with van der Waals surface area (Å²) in [5, 5.41) is 0. The summed E-state index contributed by atoms with van der Waals surface area (Å²) < 4.78 is 37.3. The van der Waals surface area contributed by atoms with E-state index in [1.165, 1.54) is 89.9 Å². The van der Waals surface area contributed by atoms with Gasteiger partial charge in [-0.05, 0) is 12.8 Å². The Kier molecular flexibility index (Phi) is 30.3. The summed E-state index contributed by atoms with van der Waals surface area (Å²) in [4.78, 5) is 0. The molecule has 0 amide bonds. The molecule has 0 heterocycles. The number of hydrogen-bond donors (Lipinski definition) is 2. The van der Waals surface area contributed by atoms with Gasteiger partial charge in [0.05, 0.1) is 0 Å². The molecule has 0 bridgehead atoms. The van der Waals surface area contributed by atoms with Gasteiger partial charge in [0.25, 0.3) is 0 Å². The molecule has 0 saturated carbocycles. The SMILES string of the molecule is CCCCCCCCCOCCCCCCCCC.O=S(=O)(O)O.[NaH]. The quantitative estimate of drug-likeness (QED) is 0.214. The fourth-order valence-electron chi connectivity index (χ4n) is 2.42. The van der Waals surface area contributed by atoms with Gasteiger partial charge in [-0.1, -0.05) is 90.9 Å². The summed E-state index contributed by atoms with van der Waals surface area (Å²) >= 11 is 0. The predicted molar refractivity (Wildman–Crippen MR) is 108 cm³/mol. The number of ether oxygens (including phenoxy) is 1. The standard InChI is InChI=1S/C18H38O.Na.H2O4S.H/c1-3-5-7-9-11-13-15-17-19-18-16-14-12-10-8-6-4-2;;1-5(2,3)4;/h3-18H2,1-2H3;;(H2,1,2,3,4);. The molecule has 0 spiro atoms. The monoisotopic (exact) mass is 392 g/mol. The van der Waals surface area contributed by atoms with Gasteiger partial charge in [-0.3, -0.25) is 9.11 Å². The van der Waals surface area contributed by atoms with Gasteiger partial charge in [-0.15, -0.1) is 0 Å². The molecular formula is C18H41NaO5S. The molecule has 0 saturated heterocycles. The summed E-state index contributed by atoms with van der Waals surface area (Å²) in [6, 6.07) is 0. The second kappa shape index (κ2) is 24.8. The molecule has 0 aromatic heterocycles. The first kappa shape index (κ1) is 30.6. The van der Waals surface area contributed by atoms with Gasteiger partial charge < -0.3 is 4.74 Å². The molecule has 150 valence electrons. The Morgan fingerprint density at radius 3 is 1.12 bits per heavy atom. The molecule has 0 rings (SSSR count). The van der Waals surface area contributed by atoms with Crippen molar-refractivity contribution in [3.8, 4) is 0 Å². The van der Waals surface area contributed by atoms with Crippen LogP contribution in [0.4, 0.5) is 0 Å². The third kappa shape index (κ3) is 45.7. The molecule has 0 aromatic rings. The molecule has 25 heavy (non-hydrogen) atoms. The van der Waals surface area contributed by atoms with Gasteiger partial charge in [0.2, 0.25) is 0 Å². The van der Waals surface area contributed by atoms with E-state index >= 15 is 0 Å². The summed E-state index contributed by atoms with van der Waals surface area (Å²) in [6.07, 6.45) is 19.3. The Balaban J connectivity index is -0.000000704. The van der Waals surface area contributed by atoms with Crippen LogP contribution >= 0.6 is 0 Å². The Morgan fingerprint density at radius 1 is 0.600 bits per heavy atom. The third-order valence-electron chi connectivity index (χ3n) is 3.78. The van der Waals surface area contributed by atoms with Gasteiger partial charge in [0.15, 0.2) is 0 Å². The first-order valence-electron chi connectivity index (χ1n) is 9.69. The fourth-order valence-corrected chi connectivity index (χ4v) is 2.42. The van der Waals surface area contributed by atoms with Crippen molar-refractivity contribution in [1.29, 1.82) is 0 Å². The van der Waals surface area contributed by atoms with Gasteiger partial charge in [0, 0.05) is 13.2 Å². The molecule has 0 radical (unpaired) electrons. The minimum absolute atomic E-state index is 0. The van der Waals surface area contributed by atoms with E-state index in [1.807, 2.05) is 0 Å². The van der Waals surface area contributed by atoms with Crippen molar-refractivity contribution >= 4 is 40.0 Å². The van der Waals surface area contributed by atoms with Crippen molar-refractivity contribution in [3.05, 3.63) is 0 Å². The van der Waals surface area contributed by atoms with Gasteiger partial charge in [-0.25, -0.2) is 0 Å². The van der Waals surface area contributed by atoms with E-state index < -0.39 is 10.4 Å². The Bertz CT molecular complexity index is 299. The fraction of sp³-hybridized carbons (Fsp3) is 1.00. The van der Waals surface area contributed by atoms with Gasteiger partial charge in [-0.2, -0.15) is 8.42 Å². The van der Waals surface area contributed by atoms with Crippen LogP contribution in [0.15, 0.2) is 0 Å². The van der Waals surface area contributed by atoms with Crippen LogP contribution in [0.5, 0.6) is 0 Å². The number of unbranched alkanes of at least 4 members (excludes halogenated alkanes) is 12. The molecule has 5 nitrogen and oxygen atoms in total. The van der Waals surface area contributed by atoms with Crippen molar-refractivity contribution in [2.75, 3.05) is 13.2 Å². The normalized spacial score (nSPS) is 10.7. The van der Waals surface area contributed by atoms with Gasteiger partial charge >= 0.3 is 40.0 Å². The van der Waals surface area contributed by atoms with E-state index in [1.54, 1.807) is 0 Å². The maximum atomic E-state index is 8.74. The molecule has 0 aromatic carbocycles. The zero-order valence-corrected chi connectivity index (χ0v) is 16.7. The second-order valence-electron chi connectivity index (χ2n) is 6.30. The Morgan fingerprint density at radius 2 is 0.840 bits per heavy atom. The average Bonchev–Trinajstić information content (AvgIpc) is 2.49. The van der Waals surface area contributed by atoms with E-state index in [9.17, 15) is 0 Å². The molecular weight excluding hydrogens is 351 g/mol. The van der Waals surface area contributed by atoms with Crippen molar-refractivity contribution < 1.29 is 22.3 Å². The van der Waals surface area contributed by atoms with E-state index in [-0.39, 0.29) is 29.6 Å². The van der Waals surface area contributed by atoms with Crippen LogP contribution in [0, 0.1) is 0 Å². The number of hydrogen-bond acceptors (Lipinski definition) is 3. The van der Waals surface area contributed by atoms with Crippen LogP contribution in [0.1, 0.15) is 104 Å². The predicted octanol–water partition coefficient (Wildman–Crippen LogP) is 5.20. The summed E-state index contributed by atoms with van der Waals surface area (Å²) in [6.45, 7) is 6.53. The molecule has 0 aliphatic heterocycles. The van der Waals surface area contributed by atoms with Crippen molar-refractivity contribution in [2.45, 2.75) is 104 Å². The van der Waals surface area contributed by atoms with Crippen LogP contribution in [0.2, 0.25) is 0 Å². The summed E-state index contributed by atoms with van der Waals surface area (Å²) in [5.41, 5.74) is 0. The topological polar surface area (TPSA) is 83.8 Å². The van der Waals surface area contributed by atoms with Crippen LogP contribution in [-0.4, -0.2) is 60.3 Å². The van der Waals surface area contributed by atoms with E-state index in [0.717, 1.165) is 13.2 Å². The van der Waals surface area contributed by atoms with E-state index in [2.05, 4.69) is 13.8 Å². The third-order valence-corrected chi connectivity index (χ3v) is 3.78. The Labute approximate surface area is 178 Å². The van der Waals surface area contributed by atoms with Crippen molar-refractivity contribution in [1.82, 2.24) is 0 Å². The van der Waals surface area contributed by atoms with Crippen molar-refractivity contribution in [2.24, 2.45) is 0 Å². The first-order valence-corrected chi connectivity index (χ1v) is 11.1. The van der Waals surface area contributed by atoms with Gasteiger partial charge in [0.1, 0.15) is 0 Å². The second-order valence-corrected chi connectivity index (χ2v) is 7.20. The zero-order valence-electron chi connectivity index (χ0n) is 15.8. The Hall–Kier alpha value is 0.830. The van der Waals surface area contributed by atoms with Crippen LogP contribution in [0.25, 0.3) is 0 Å². The molecule has 0 aliphatic carbocycles. The maximum absolute atomic E-state index is 8.74. The van der Waals surface area contributed by atoms with Crippen LogP contribution in [-0.2, 0) is 15.1 Å². The summed E-state index contributed by atoms with van der Waals surface area (Å²) in [5.74, 6) is 0. The van der Waals surface area contributed by atoms with Crippen LogP contribution in [0.3, 0.4) is 0 Å². The molecule has 0 unspecified atom stereocenters. The molecule has 0 atom stereocenters.